The fourth-order valence-electron chi connectivity index (χ4n) is 5.50. The maximum atomic E-state index is 13.6. The van der Waals surface area contributed by atoms with E-state index >= 15 is 0 Å². The highest BCUT2D eigenvalue weighted by molar-refractivity contribution is 7.98. The molecule has 1 aliphatic carbocycles. The van der Waals surface area contributed by atoms with Gasteiger partial charge in [0.1, 0.15) is 5.54 Å². The van der Waals surface area contributed by atoms with E-state index in [1.54, 1.807) is 36.1 Å². The number of likely N-dealkylation sites (tertiary alicyclic amines) is 1. The summed E-state index contributed by atoms with van der Waals surface area (Å²) in [6.45, 7) is 1.84. The second kappa shape index (κ2) is 11.1. The first-order chi connectivity index (χ1) is 18.2. The van der Waals surface area contributed by atoms with Crippen molar-refractivity contribution >= 4 is 33.4 Å². The first kappa shape index (κ1) is 29.4. The number of carbonyl (C=O) groups is 2. The van der Waals surface area contributed by atoms with Crippen molar-refractivity contribution in [3.63, 3.8) is 0 Å². The predicted molar refractivity (Wildman–Crippen MR) is 143 cm³/mol. The number of sulfone groups is 1. The quantitative estimate of drug-likeness (QED) is 0.475. The summed E-state index contributed by atoms with van der Waals surface area (Å²) in [5.41, 5.74) is 3.72. The molecule has 3 N–H and O–H groups in total. The molecule has 1 saturated heterocycles. The zero-order valence-corrected chi connectivity index (χ0v) is 23.3. The topological polar surface area (TPSA) is 110 Å². The molecule has 1 saturated carbocycles. The summed E-state index contributed by atoms with van der Waals surface area (Å²) >= 11 is 1.51. The Morgan fingerprint density at radius 3 is 2.51 bits per heavy atom. The molecule has 212 valence electrons. The van der Waals surface area contributed by atoms with Gasteiger partial charge >= 0.3 is 6.18 Å². The van der Waals surface area contributed by atoms with Crippen LogP contribution in [0.3, 0.4) is 0 Å². The summed E-state index contributed by atoms with van der Waals surface area (Å²) in [5, 5.41) is 2.64. The van der Waals surface area contributed by atoms with Crippen LogP contribution in [0.15, 0.2) is 58.3 Å². The lowest BCUT2D eigenvalue weighted by Crippen LogP contribution is -2.56. The van der Waals surface area contributed by atoms with Gasteiger partial charge in [-0.2, -0.15) is 13.2 Å². The summed E-state index contributed by atoms with van der Waals surface area (Å²) in [4.78, 5) is 29.2. The third kappa shape index (κ3) is 6.44. The number of rotatable bonds is 7. The van der Waals surface area contributed by atoms with E-state index in [1.165, 1.54) is 17.8 Å². The Hall–Kier alpha value is -2.57. The van der Waals surface area contributed by atoms with Crippen LogP contribution in [-0.2, 0) is 20.8 Å². The van der Waals surface area contributed by atoms with Crippen molar-refractivity contribution in [1.29, 1.82) is 0 Å². The van der Waals surface area contributed by atoms with Gasteiger partial charge in [0, 0.05) is 29.1 Å². The number of hydrogen-bond acceptors (Lipinski definition) is 6. The van der Waals surface area contributed by atoms with Crippen molar-refractivity contribution in [1.82, 2.24) is 10.2 Å². The number of benzene rings is 2. The third-order valence-corrected chi connectivity index (χ3v) is 10.3. The molecular weight excluding hydrogens is 551 g/mol. The van der Waals surface area contributed by atoms with Gasteiger partial charge in [0.15, 0.2) is 9.84 Å². The molecule has 0 radical (unpaired) electrons. The number of nitrogens with one attached hydrogen (secondary N) is 1. The number of nitrogens with two attached hydrogens (primary N) is 1. The molecule has 0 spiro atoms. The Labute approximate surface area is 230 Å². The molecule has 7 nitrogen and oxygen atoms in total. The molecule has 2 fully saturated rings. The maximum Gasteiger partial charge on any atom is 0.416 e. The van der Waals surface area contributed by atoms with Crippen molar-refractivity contribution in [3.8, 4) is 0 Å². The van der Waals surface area contributed by atoms with E-state index < -0.39 is 38.9 Å². The van der Waals surface area contributed by atoms with Crippen molar-refractivity contribution in [2.75, 3.05) is 18.6 Å². The van der Waals surface area contributed by atoms with Gasteiger partial charge < -0.3 is 16.0 Å². The molecule has 0 aromatic heterocycles. The molecule has 1 heterocycles. The van der Waals surface area contributed by atoms with Crippen molar-refractivity contribution in [2.24, 2.45) is 11.7 Å². The molecule has 39 heavy (non-hydrogen) atoms. The van der Waals surface area contributed by atoms with Gasteiger partial charge in [0.05, 0.1) is 16.2 Å². The van der Waals surface area contributed by atoms with Gasteiger partial charge in [-0.1, -0.05) is 6.07 Å². The minimum atomic E-state index is -4.60. The normalized spacial score (nSPS) is 26.1. The van der Waals surface area contributed by atoms with E-state index in [4.69, 9.17) is 5.73 Å². The second-order valence-corrected chi connectivity index (χ2v) is 13.4. The van der Waals surface area contributed by atoms with Crippen LogP contribution in [0, 0.1) is 5.92 Å². The Morgan fingerprint density at radius 2 is 1.87 bits per heavy atom. The molecule has 2 aliphatic rings. The Bertz CT molecular complexity index is 1330. The molecule has 0 bridgehead atoms. The molecule has 12 heteroatoms. The molecule has 4 atom stereocenters. The number of amides is 2. The first-order valence-corrected chi connectivity index (χ1v) is 15.5. The van der Waals surface area contributed by atoms with Crippen LogP contribution in [-0.4, -0.2) is 61.3 Å². The van der Waals surface area contributed by atoms with Crippen LogP contribution in [0.2, 0.25) is 0 Å². The van der Waals surface area contributed by atoms with E-state index in [-0.39, 0.29) is 47.2 Å². The van der Waals surface area contributed by atoms with E-state index in [2.05, 4.69) is 5.32 Å². The highest BCUT2D eigenvalue weighted by Gasteiger charge is 2.49. The minimum Gasteiger partial charge on any atom is -0.338 e. The summed E-state index contributed by atoms with van der Waals surface area (Å²) < 4.78 is 65.9. The average Bonchev–Trinajstić information content (AvgIpc) is 3.17. The third-order valence-electron chi connectivity index (χ3n) is 7.66. The molecule has 2 aromatic carbocycles. The van der Waals surface area contributed by atoms with Gasteiger partial charge in [0.2, 0.25) is 5.91 Å². The number of alkyl halides is 3. The van der Waals surface area contributed by atoms with Crippen LogP contribution in [0.5, 0.6) is 0 Å². The highest BCUT2D eigenvalue weighted by Crippen LogP contribution is 2.36. The van der Waals surface area contributed by atoms with Gasteiger partial charge in [-0.15, -0.1) is 11.8 Å². The van der Waals surface area contributed by atoms with Gasteiger partial charge in [-0.05, 0) is 87.2 Å². The summed E-state index contributed by atoms with van der Waals surface area (Å²) in [6, 6.07) is 10.1. The zero-order chi connectivity index (χ0) is 28.6. The lowest BCUT2D eigenvalue weighted by atomic mass is 9.82. The lowest BCUT2D eigenvalue weighted by Gasteiger charge is -2.40. The Kier molecular flexibility index (Phi) is 8.39. The summed E-state index contributed by atoms with van der Waals surface area (Å²) in [6.07, 6.45) is -0.871. The summed E-state index contributed by atoms with van der Waals surface area (Å²) in [5.74, 6) is -1.72. The van der Waals surface area contributed by atoms with E-state index in [0.717, 1.165) is 23.1 Å². The fourth-order valence-corrected chi connectivity index (χ4v) is 7.57. The predicted octanol–water partition coefficient (Wildman–Crippen LogP) is 4.12. The van der Waals surface area contributed by atoms with Gasteiger partial charge in [0.25, 0.3) is 5.91 Å². The van der Waals surface area contributed by atoms with E-state index in [0.29, 0.717) is 19.3 Å². The number of hydrogen-bond donors (Lipinski definition) is 2. The minimum absolute atomic E-state index is 0.166. The van der Waals surface area contributed by atoms with Crippen LogP contribution in [0.4, 0.5) is 13.2 Å². The average molecular weight is 584 g/mol. The standard InChI is InChI=1S/C27H32F3N3O4S2/c1-26(32-24(34)17-4-3-5-19(14-17)27(28,29)30)12-13-33(25(26)35)23-11-6-20(31)15-18(23)16-39(36,37)22-9-7-21(38-2)8-10-22/h3-5,7-10,14,18,20,23H,6,11-13,15-16,31H2,1-2H3,(H,32,34)/t18-,20+,23?,26-/m0/s1. The van der Waals surface area contributed by atoms with E-state index in [9.17, 15) is 31.2 Å². The number of nitrogens with zero attached hydrogens (tertiary/aromatic N) is 1. The number of thioether (sulfide) groups is 1. The Balaban J connectivity index is 1.51. The highest BCUT2D eigenvalue weighted by atomic mass is 32.2. The largest absolute Gasteiger partial charge is 0.416 e. The maximum absolute atomic E-state index is 13.6. The number of carbonyl (C=O) groups excluding carboxylic acids is 2. The molecule has 4 rings (SSSR count). The molecule has 1 aliphatic heterocycles. The monoisotopic (exact) mass is 583 g/mol. The van der Waals surface area contributed by atoms with Crippen molar-refractivity contribution < 1.29 is 31.2 Å². The lowest BCUT2D eigenvalue weighted by molar-refractivity contribution is -0.138. The van der Waals surface area contributed by atoms with Crippen LogP contribution in [0.25, 0.3) is 0 Å². The second-order valence-electron chi connectivity index (χ2n) is 10.5. The molecule has 2 amide bonds. The first-order valence-electron chi connectivity index (χ1n) is 12.7. The molecule has 2 aromatic rings. The Morgan fingerprint density at radius 1 is 1.18 bits per heavy atom. The SMILES string of the molecule is CSc1ccc(S(=O)(=O)C[C@@H]2C[C@H](N)CCC2N2CC[C@](C)(NC(=O)c3cccc(C(F)(F)F)c3)C2=O)cc1. The smallest absolute Gasteiger partial charge is 0.338 e. The van der Waals surface area contributed by atoms with Crippen LogP contribution in [0.1, 0.15) is 48.5 Å². The molecule has 1 unspecified atom stereocenters. The van der Waals surface area contributed by atoms with Crippen LogP contribution < -0.4 is 11.1 Å². The van der Waals surface area contributed by atoms with E-state index in [1.807, 2.05) is 6.26 Å². The summed E-state index contributed by atoms with van der Waals surface area (Å²) in [7, 11) is -3.65. The zero-order valence-electron chi connectivity index (χ0n) is 21.7. The number of halogens is 3. The molecular formula is C27H32F3N3O4S2. The fraction of sp³-hybridized carbons (Fsp3) is 0.481. The van der Waals surface area contributed by atoms with Crippen molar-refractivity contribution in [3.05, 3.63) is 59.7 Å². The van der Waals surface area contributed by atoms with Gasteiger partial charge in [-0.25, -0.2) is 8.42 Å². The van der Waals surface area contributed by atoms with Gasteiger partial charge in [-0.3, -0.25) is 9.59 Å². The van der Waals surface area contributed by atoms with Crippen LogP contribution >= 0.6 is 11.8 Å². The van der Waals surface area contributed by atoms with Crippen molar-refractivity contribution in [2.45, 2.75) is 66.2 Å².